The SMILES string of the molecule is O=C(CCc1nccs1)Nc1ccccc1. The number of thiazole rings is 1. The first-order chi connectivity index (χ1) is 7.84. The van der Waals surface area contributed by atoms with Gasteiger partial charge in [-0.1, -0.05) is 18.2 Å². The van der Waals surface area contributed by atoms with Crippen LogP contribution in [0, 0.1) is 0 Å². The third-order valence-electron chi connectivity index (χ3n) is 2.11. The molecular formula is C12H12N2OS. The second-order valence-corrected chi connectivity index (χ2v) is 4.32. The molecule has 0 saturated heterocycles. The quantitative estimate of drug-likeness (QED) is 0.880. The number of nitrogens with zero attached hydrogens (tertiary/aromatic N) is 1. The van der Waals surface area contributed by atoms with E-state index in [1.165, 1.54) is 0 Å². The molecule has 1 heterocycles. The van der Waals surface area contributed by atoms with Crippen LogP contribution in [0.2, 0.25) is 0 Å². The number of aryl methyl sites for hydroxylation is 1. The average Bonchev–Trinajstić information content (AvgIpc) is 2.81. The number of rotatable bonds is 4. The lowest BCUT2D eigenvalue weighted by Gasteiger charge is -2.03. The van der Waals surface area contributed by atoms with Crippen molar-refractivity contribution in [2.45, 2.75) is 12.8 Å². The summed E-state index contributed by atoms with van der Waals surface area (Å²) in [5.74, 6) is 0.0291. The molecule has 0 bridgehead atoms. The Morgan fingerprint density at radius 3 is 2.81 bits per heavy atom. The third kappa shape index (κ3) is 3.17. The van der Waals surface area contributed by atoms with Gasteiger partial charge >= 0.3 is 0 Å². The monoisotopic (exact) mass is 232 g/mol. The molecule has 4 heteroatoms. The van der Waals surface area contributed by atoms with E-state index in [4.69, 9.17) is 0 Å². The highest BCUT2D eigenvalue weighted by molar-refractivity contribution is 7.09. The van der Waals surface area contributed by atoms with E-state index >= 15 is 0 Å². The molecule has 0 aliphatic carbocycles. The molecule has 0 unspecified atom stereocenters. The molecule has 0 aliphatic rings. The van der Waals surface area contributed by atoms with Crippen molar-refractivity contribution in [1.29, 1.82) is 0 Å². The van der Waals surface area contributed by atoms with Crippen molar-refractivity contribution in [2.75, 3.05) is 5.32 Å². The lowest BCUT2D eigenvalue weighted by molar-refractivity contribution is -0.116. The molecule has 82 valence electrons. The van der Waals surface area contributed by atoms with Gasteiger partial charge in [0.25, 0.3) is 0 Å². The Bertz CT molecular complexity index is 439. The largest absolute Gasteiger partial charge is 0.326 e. The van der Waals surface area contributed by atoms with Crippen LogP contribution in [0.1, 0.15) is 11.4 Å². The van der Waals surface area contributed by atoms with Crippen LogP contribution in [-0.4, -0.2) is 10.9 Å². The summed E-state index contributed by atoms with van der Waals surface area (Å²) in [6.07, 6.45) is 2.94. The Hall–Kier alpha value is -1.68. The zero-order chi connectivity index (χ0) is 11.2. The molecule has 0 spiro atoms. The van der Waals surface area contributed by atoms with Gasteiger partial charge < -0.3 is 5.32 Å². The summed E-state index contributed by atoms with van der Waals surface area (Å²) in [6.45, 7) is 0. The molecule has 16 heavy (non-hydrogen) atoms. The van der Waals surface area contributed by atoms with Gasteiger partial charge in [0.1, 0.15) is 0 Å². The first kappa shape index (κ1) is 10.8. The van der Waals surface area contributed by atoms with Gasteiger partial charge in [0.2, 0.25) is 5.91 Å². The number of nitrogens with one attached hydrogen (secondary N) is 1. The van der Waals surface area contributed by atoms with Crippen molar-refractivity contribution in [2.24, 2.45) is 0 Å². The van der Waals surface area contributed by atoms with Crippen LogP contribution < -0.4 is 5.32 Å². The van der Waals surface area contributed by atoms with Crippen molar-refractivity contribution >= 4 is 22.9 Å². The van der Waals surface area contributed by atoms with E-state index in [0.29, 0.717) is 12.8 Å². The highest BCUT2D eigenvalue weighted by Crippen LogP contribution is 2.09. The second-order valence-electron chi connectivity index (χ2n) is 3.34. The highest BCUT2D eigenvalue weighted by Gasteiger charge is 2.03. The zero-order valence-electron chi connectivity index (χ0n) is 8.72. The van der Waals surface area contributed by atoms with Gasteiger partial charge in [-0.3, -0.25) is 4.79 Å². The smallest absolute Gasteiger partial charge is 0.224 e. The fourth-order valence-electron chi connectivity index (χ4n) is 1.34. The average molecular weight is 232 g/mol. The summed E-state index contributed by atoms with van der Waals surface area (Å²) in [4.78, 5) is 15.7. The molecule has 0 aliphatic heterocycles. The van der Waals surface area contributed by atoms with E-state index in [-0.39, 0.29) is 5.91 Å². The van der Waals surface area contributed by atoms with E-state index in [1.54, 1.807) is 17.5 Å². The maximum atomic E-state index is 11.6. The third-order valence-corrected chi connectivity index (χ3v) is 2.95. The molecule has 2 rings (SSSR count). The number of para-hydroxylation sites is 1. The van der Waals surface area contributed by atoms with Gasteiger partial charge in [-0.25, -0.2) is 4.98 Å². The normalized spacial score (nSPS) is 10.0. The fourth-order valence-corrected chi connectivity index (χ4v) is 1.96. The minimum absolute atomic E-state index is 0.0291. The van der Waals surface area contributed by atoms with Crippen molar-refractivity contribution < 1.29 is 4.79 Å². The number of hydrogen-bond donors (Lipinski definition) is 1. The minimum atomic E-state index is 0.0291. The predicted octanol–water partition coefficient (Wildman–Crippen LogP) is 2.71. The molecule has 1 aromatic heterocycles. The molecule has 0 radical (unpaired) electrons. The molecule has 0 saturated carbocycles. The number of aromatic nitrogens is 1. The standard InChI is InChI=1S/C12H12N2OS/c15-11(6-7-12-13-8-9-16-12)14-10-4-2-1-3-5-10/h1-5,8-9H,6-7H2,(H,14,15). The molecule has 2 aromatic rings. The van der Waals surface area contributed by atoms with E-state index in [2.05, 4.69) is 10.3 Å². The van der Waals surface area contributed by atoms with Gasteiger partial charge in [-0.15, -0.1) is 11.3 Å². The second kappa shape index (κ2) is 5.42. The Kier molecular flexibility index (Phi) is 3.66. The number of carbonyl (C=O) groups excluding carboxylic acids is 1. The van der Waals surface area contributed by atoms with E-state index < -0.39 is 0 Å². The summed E-state index contributed by atoms with van der Waals surface area (Å²) in [6, 6.07) is 9.47. The molecule has 1 N–H and O–H groups in total. The number of amides is 1. The van der Waals surface area contributed by atoms with E-state index in [9.17, 15) is 4.79 Å². The van der Waals surface area contributed by atoms with Crippen LogP contribution in [0.15, 0.2) is 41.9 Å². The van der Waals surface area contributed by atoms with Crippen molar-refractivity contribution in [3.8, 4) is 0 Å². The number of carbonyl (C=O) groups is 1. The van der Waals surface area contributed by atoms with Crippen LogP contribution in [0.5, 0.6) is 0 Å². The van der Waals surface area contributed by atoms with Crippen molar-refractivity contribution in [3.63, 3.8) is 0 Å². The summed E-state index contributed by atoms with van der Waals surface area (Å²) < 4.78 is 0. The predicted molar refractivity (Wildman–Crippen MR) is 65.5 cm³/mol. The lowest BCUT2D eigenvalue weighted by atomic mass is 10.2. The van der Waals surface area contributed by atoms with Crippen LogP contribution in [-0.2, 0) is 11.2 Å². The summed E-state index contributed by atoms with van der Waals surface area (Å²) in [7, 11) is 0. The Labute approximate surface area is 98.2 Å². The van der Waals surface area contributed by atoms with Crippen LogP contribution >= 0.6 is 11.3 Å². The highest BCUT2D eigenvalue weighted by atomic mass is 32.1. The Balaban J connectivity index is 1.81. The van der Waals surface area contributed by atoms with Crippen LogP contribution in [0.3, 0.4) is 0 Å². The van der Waals surface area contributed by atoms with Crippen LogP contribution in [0.25, 0.3) is 0 Å². The Morgan fingerprint density at radius 1 is 1.31 bits per heavy atom. The summed E-state index contributed by atoms with van der Waals surface area (Å²) in [5, 5.41) is 5.77. The summed E-state index contributed by atoms with van der Waals surface area (Å²) >= 11 is 1.58. The number of benzene rings is 1. The molecule has 0 fully saturated rings. The van der Waals surface area contributed by atoms with Crippen LogP contribution in [0.4, 0.5) is 5.69 Å². The number of anilines is 1. The summed E-state index contributed by atoms with van der Waals surface area (Å²) in [5.41, 5.74) is 0.839. The van der Waals surface area contributed by atoms with E-state index in [1.807, 2.05) is 35.7 Å². The molecule has 1 amide bonds. The van der Waals surface area contributed by atoms with Gasteiger partial charge in [0, 0.05) is 30.1 Å². The Morgan fingerprint density at radius 2 is 2.12 bits per heavy atom. The number of hydrogen-bond acceptors (Lipinski definition) is 3. The topological polar surface area (TPSA) is 42.0 Å². The van der Waals surface area contributed by atoms with Gasteiger partial charge in [-0.05, 0) is 12.1 Å². The molecule has 3 nitrogen and oxygen atoms in total. The van der Waals surface area contributed by atoms with Gasteiger partial charge in [0.15, 0.2) is 0 Å². The van der Waals surface area contributed by atoms with Gasteiger partial charge in [-0.2, -0.15) is 0 Å². The molecule has 0 atom stereocenters. The van der Waals surface area contributed by atoms with Crippen molar-refractivity contribution in [3.05, 3.63) is 46.9 Å². The first-order valence-electron chi connectivity index (χ1n) is 5.08. The molecular weight excluding hydrogens is 220 g/mol. The first-order valence-corrected chi connectivity index (χ1v) is 5.96. The van der Waals surface area contributed by atoms with Gasteiger partial charge in [0.05, 0.1) is 5.01 Å². The zero-order valence-corrected chi connectivity index (χ0v) is 9.54. The maximum absolute atomic E-state index is 11.6. The maximum Gasteiger partial charge on any atom is 0.224 e. The van der Waals surface area contributed by atoms with Crippen molar-refractivity contribution in [1.82, 2.24) is 4.98 Å². The minimum Gasteiger partial charge on any atom is -0.326 e. The lowest BCUT2D eigenvalue weighted by Crippen LogP contribution is -2.12. The van der Waals surface area contributed by atoms with E-state index in [0.717, 1.165) is 10.7 Å². The fraction of sp³-hybridized carbons (Fsp3) is 0.167. The molecule has 1 aromatic carbocycles.